The second-order valence-corrected chi connectivity index (χ2v) is 4.53. The molecule has 114 valence electrons. The van der Waals surface area contributed by atoms with Gasteiger partial charge in [-0.1, -0.05) is 5.16 Å². The van der Waals surface area contributed by atoms with Crippen molar-refractivity contribution in [1.29, 1.82) is 0 Å². The second kappa shape index (κ2) is 5.64. The van der Waals surface area contributed by atoms with Crippen LogP contribution in [0.4, 0.5) is 11.4 Å². The zero-order valence-corrected chi connectivity index (χ0v) is 11.4. The third-order valence-corrected chi connectivity index (χ3v) is 3.09. The molecule has 23 heavy (non-hydrogen) atoms. The molecular formula is C14H8N4O5. The number of hydrogen-bond donors (Lipinski definition) is 0. The Morgan fingerprint density at radius 2 is 1.26 bits per heavy atom. The van der Waals surface area contributed by atoms with Crippen molar-refractivity contribution in [3.8, 4) is 22.8 Å². The van der Waals surface area contributed by atoms with Crippen LogP contribution in [0.5, 0.6) is 0 Å². The first-order valence-corrected chi connectivity index (χ1v) is 6.38. The summed E-state index contributed by atoms with van der Waals surface area (Å²) in [6, 6.07) is 11.4. The minimum absolute atomic E-state index is 0.0344. The topological polar surface area (TPSA) is 125 Å². The first-order valence-electron chi connectivity index (χ1n) is 6.38. The fourth-order valence-electron chi connectivity index (χ4n) is 1.92. The van der Waals surface area contributed by atoms with Gasteiger partial charge >= 0.3 is 0 Å². The van der Waals surface area contributed by atoms with E-state index in [4.69, 9.17) is 4.52 Å². The second-order valence-electron chi connectivity index (χ2n) is 4.53. The Morgan fingerprint density at radius 1 is 0.783 bits per heavy atom. The van der Waals surface area contributed by atoms with Gasteiger partial charge in [0.1, 0.15) is 0 Å². The van der Waals surface area contributed by atoms with Crippen molar-refractivity contribution in [2.45, 2.75) is 0 Å². The lowest BCUT2D eigenvalue weighted by atomic mass is 10.2. The molecule has 1 heterocycles. The molecule has 0 bridgehead atoms. The van der Waals surface area contributed by atoms with Crippen LogP contribution < -0.4 is 0 Å². The smallest absolute Gasteiger partial charge is 0.269 e. The molecule has 0 fully saturated rings. The van der Waals surface area contributed by atoms with Gasteiger partial charge in [0.15, 0.2) is 0 Å². The van der Waals surface area contributed by atoms with Crippen LogP contribution in [-0.4, -0.2) is 20.0 Å². The summed E-state index contributed by atoms with van der Waals surface area (Å²) in [4.78, 5) is 24.4. The lowest BCUT2D eigenvalue weighted by Crippen LogP contribution is -1.88. The fourth-order valence-corrected chi connectivity index (χ4v) is 1.92. The van der Waals surface area contributed by atoms with Gasteiger partial charge in [0.05, 0.1) is 9.85 Å². The Balaban J connectivity index is 1.87. The Kier molecular flexibility index (Phi) is 3.51. The zero-order chi connectivity index (χ0) is 16.4. The number of hydrogen-bond acceptors (Lipinski definition) is 7. The van der Waals surface area contributed by atoms with Crippen molar-refractivity contribution < 1.29 is 14.4 Å². The number of rotatable bonds is 4. The molecule has 3 rings (SSSR count). The van der Waals surface area contributed by atoms with Crippen LogP contribution in [0, 0.1) is 20.2 Å². The zero-order valence-electron chi connectivity index (χ0n) is 11.4. The molecule has 0 aliphatic rings. The molecule has 0 amide bonds. The van der Waals surface area contributed by atoms with Gasteiger partial charge in [0.25, 0.3) is 17.3 Å². The van der Waals surface area contributed by atoms with Crippen LogP contribution in [0.3, 0.4) is 0 Å². The first-order chi connectivity index (χ1) is 11.0. The van der Waals surface area contributed by atoms with E-state index >= 15 is 0 Å². The highest BCUT2D eigenvalue weighted by molar-refractivity contribution is 5.61. The molecule has 0 aliphatic heterocycles. The molecule has 9 nitrogen and oxygen atoms in total. The van der Waals surface area contributed by atoms with E-state index in [0.717, 1.165) is 0 Å². The normalized spacial score (nSPS) is 10.4. The largest absolute Gasteiger partial charge is 0.334 e. The number of benzene rings is 2. The Hall–Kier alpha value is -3.62. The van der Waals surface area contributed by atoms with E-state index in [1.165, 1.54) is 48.5 Å². The standard InChI is InChI=1S/C14H8N4O5/c19-17(20)11-5-1-9(2-6-11)13-15-14(23-16-13)10-3-7-12(8-4-10)18(21)22/h1-8H. The van der Waals surface area contributed by atoms with Crippen molar-refractivity contribution in [2.75, 3.05) is 0 Å². The van der Waals surface area contributed by atoms with Crippen molar-refractivity contribution in [1.82, 2.24) is 10.1 Å². The van der Waals surface area contributed by atoms with E-state index < -0.39 is 9.85 Å². The highest BCUT2D eigenvalue weighted by Gasteiger charge is 2.13. The lowest BCUT2D eigenvalue weighted by Gasteiger charge is -1.94. The SMILES string of the molecule is O=[N+]([O-])c1ccc(-c2noc(-c3ccc([N+](=O)[O-])cc3)n2)cc1. The van der Waals surface area contributed by atoms with Crippen molar-refractivity contribution in [3.05, 3.63) is 68.8 Å². The number of nitrogens with zero attached hydrogens (tertiary/aromatic N) is 4. The Labute approximate surface area is 128 Å². The van der Waals surface area contributed by atoms with Gasteiger partial charge in [-0.15, -0.1) is 0 Å². The summed E-state index contributed by atoms with van der Waals surface area (Å²) in [7, 11) is 0. The number of nitro benzene ring substituents is 2. The summed E-state index contributed by atoms with van der Waals surface area (Å²) in [6.07, 6.45) is 0. The maximum absolute atomic E-state index is 10.6. The lowest BCUT2D eigenvalue weighted by molar-refractivity contribution is -0.385. The van der Waals surface area contributed by atoms with Gasteiger partial charge in [-0.25, -0.2) is 0 Å². The van der Waals surface area contributed by atoms with Crippen LogP contribution in [0.15, 0.2) is 53.1 Å². The van der Waals surface area contributed by atoms with E-state index in [1.54, 1.807) is 0 Å². The summed E-state index contributed by atoms with van der Waals surface area (Å²) in [5.74, 6) is 0.474. The molecule has 0 N–H and O–H groups in total. The van der Waals surface area contributed by atoms with Crippen LogP contribution in [0.1, 0.15) is 0 Å². The minimum atomic E-state index is -0.500. The summed E-state index contributed by atoms with van der Waals surface area (Å²) in [5.41, 5.74) is 1.03. The van der Waals surface area contributed by atoms with Gasteiger partial charge in [-0.2, -0.15) is 4.98 Å². The van der Waals surface area contributed by atoms with E-state index in [0.29, 0.717) is 11.1 Å². The predicted octanol–water partition coefficient (Wildman–Crippen LogP) is 3.22. The van der Waals surface area contributed by atoms with Crippen LogP contribution in [0.2, 0.25) is 0 Å². The number of non-ortho nitro benzene ring substituents is 2. The monoisotopic (exact) mass is 312 g/mol. The van der Waals surface area contributed by atoms with E-state index in [9.17, 15) is 20.2 Å². The molecule has 0 atom stereocenters. The van der Waals surface area contributed by atoms with Crippen molar-refractivity contribution in [3.63, 3.8) is 0 Å². The molecule has 9 heteroatoms. The fraction of sp³-hybridized carbons (Fsp3) is 0. The molecule has 0 saturated heterocycles. The van der Waals surface area contributed by atoms with Gasteiger partial charge in [-0.05, 0) is 24.3 Å². The van der Waals surface area contributed by atoms with Crippen LogP contribution >= 0.6 is 0 Å². The average molecular weight is 312 g/mol. The van der Waals surface area contributed by atoms with Crippen LogP contribution in [0.25, 0.3) is 22.8 Å². The van der Waals surface area contributed by atoms with Crippen LogP contribution in [-0.2, 0) is 0 Å². The van der Waals surface area contributed by atoms with Gasteiger partial charge < -0.3 is 4.52 Å². The molecule has 2 aromatic carbocycles. The predicted molar refractivity (Wildman–Crippen MR) is 78.5 cm³/mol. The molecule has 0 aliphatic carbocycles. The summed E-state index contributed by atoms with van der Waals surface area (Å²) < 4.78 is 5.12. The number of aromatic nitrogens is 2. The third-order valence-electron chi connectivity index (χ3n) is 3.09. The first kappa shape index (κ1) is 14.3. The molecule has 0 unspecified atom stereocenters. The maximum Gasteiger partial charge on any atom is 0.269 e. The van der Waals surface area contributed by atoms with Gasteiger partial charge in [0, 0.05) is 35.4 Å². The molecule has 0 saturated carbocycles. The molecule has 0 spiro atoms. The Bertz CT molecular complexity index is 799. The summed E-state index contributed by atoms with van der Waals surface area (Å²) in [6.45, 7) is 0. The highest BCUT2D eigenvalue weighted by Crippen LogP contribution is 2.25. The summed E-state index contributed by atoms with van der Waals surface area (Å²) >= 11 is 0. The molecule has 0 radical (unpaired) electrons. The van der Waals surface area contributed by atoms with Crippen molar-refractivity contribution >= 4 is 11.4 Å². The highest BCUT2D eigenvalue weighted by atomic mass is 16.6. The van der Waals surface area contributed by atoms with E-state index in [1.807, 2.05) is 0 Å². The van der Waals surface area contributed by atoms with Crippen molar-refractivity contribution in [2.24, 2.45) is 0 Å². The quantitative estimate of drug-likeness (QED) is 0.534. The van der Waals surface area contributed by atoms with Gasteiger partial charge in [-0.3, -0.25) is 20.2 Å². The molecule has 1 aromatic heterocycles. The summed E-state index contributed by atoms with van der Waals surface area (Å²) in [5, 5.41) is 25.0. The molecular weight excluding hydrogens is 304 g/mol. The Morgan fingerprint density at radius 3 is 1.74 bits per heavy atom. The molecule has 3 aromatic rings. The van der Waals surface area contributed by atoms with E-state index in [2.05, 4.69) is 10.1 Å². The number of nitro groups is 2. The minimum Gasteiger partial charge on any atom is -0.334 e. The van der Waals surface area contributed by atoms with Gasteiger partial charge in [0.2, 0.25) is 5.82 Å². The third kappa shape index (κ3) is 2.88. The maximum atomic E-state index is 10.6. The average Bonchev–Trinajstić information content (AvgIpc) is 3.05. The van der Waals surface area contributed by atoms with E-state index in [-0.39, 0.29) is 23.1 Å².